The number of aliphatic hydroxyl groups is 1. The van der Waals surface area contributed by atoms with Crippen LogP contribution in [0.25, 0.3) is 10.9 Å². The van der Waals surface area contributed by atoms with E-state index in [-0.39, 0.29) is 12.0 Å². The lowest BCUT2D eigenvalue weighted by atomic mass is 9.94. The summed E-state index contributed by atoms with van der Waals surface area (Å²) in [5, 5.41) is 11.8. The molecule has 1 aromatic heterocycles. The molecule has 1 fully saturated rings. The summed E-state index contributed by atoms with van der Waals surface area (Å²) in [6, 6.07) is 16.2. The van der Waals surface area contributed by atoms with Crippen LogP contribution in [0.2, 0.25) is 0 Å². The Balaban J connectivity index is 1.34. The van der Waals surface area contributed by atoms with Gasteiger partial charge in [0.25, 0.3) is 0 Å². The Bertz CT molecular complexity index is 970. The maximum Gasteiger partial charge on any atom is 0.161 e. The molecule has 0 aliphatic carbocycles. The number of aliphatic hydroxyl groups excluding tert-OH is 1. The second-order valence-electron chi connectivity index (χ2n) is 7.78. The highest BCUT2D eigenvalue weighted by atomic mass is 16.5. The van der Waals surface area contributed by atoms with Crippen molar-refractivity contribution in [3.05, 3.63) is 65.9 Å². The average Bonchev–Trinajstić information content (AvgIpc) is 3.08. The van der Waals surface area contributed by atoms with Crippen molar-refractivity contribution in [3.63, 3.8) is 0 Å². The zero-order valence-electron chi connectivity index (χ0n) is 17.0. The zero-order chi connectivity index (χ0) is 20.2. The molecule has 1 saturated heterocycles. The molecule has 2 heterocycles. The van der Waals surface area contributed by atoms with E-state index in [4.69, 9.17) is 9.47 Å². The van der Waals surface area contributed by atoms with Crippen molar-refractivity contribution in [2.75, 3.05) is 33.4 Å². The molecule has 0 radical (unpaired) electrons. The number of rotatable bonds is 7. The maximum atomic E-state index is 10.6. The van der Waals surface area contributed by atoms with Crippen molar-refractivity contribution < 1.29 is 14.6 Å². The van der Waals surface area contributed by atoms with Crippen molar-refractivity contribution in [3.8, 4) is 11.5 Å². The van der Waals surface area contributed by atoms with E-state index < -0.39 is 0 Å². The van der Waals surface area contributed by atoms with E-state index in [9.17, 15) is 5.11 Å². The molecule has 4 rings (SSSR count). The Morgan fingerprint density at radius 1 is 1.10 bits per heavy atom. The van der Waals surface area contributed by atoms with Gasteiger partial charge in [-0.1, -0.05) is 24.3 Å². The second kappa shape index (κ2) is 8.80. The maximum absolute atomic E-state index is 10.6. The first-order valence-electron chi connectivity index (χ1n) is 10.1. The molecule has 0 saturated carbocycles. The van der Waals surface area contributed by atoms with Crippen LogP contribution in [-0.2, 0) is 6.42 Å². The smallest absolute Gasteiger partial charge is 0.161 e. The van der Waals surface area contributed by atoms with E-state index in [2.05, 4.69) is 22.0 Å². The lowest BCUT2D eigenvalue weighted by Gasteiger charge is -2.17. The molecule has 3 aromatic rings. The van der Waals surface area contributed by atoms with Gasteiger partial charge in [0.1, 0.15) is 6.61 Å². The Hall–Kier alpha value is -2.63. The Morgan fingerprint density at radius 2 is 1.97 bits per heavy atom. The average molecular weight is 392 g/mol. The number of aromatic nitrogens is 1. The van der Waals surface area contributed by atoms with Crippen LogP contribution in [0.1, 0.15) is 11.1 Å². The summed E-state index contributed by atoms with van der Waals surface area (Å²) >= 11 is 0. The van der Waals surface area contributed by atoms with Gasteiger partial charge in [-0.05, 0) is 48.7 Å². The van der Waals surface area contributed by atoms with Crippen LogP contribution in [0.5, 0.6) is 11.5 Å². The molecule has 5 heteroatoms. The number of hydrogen-bond acceptors (Lipinski definition) is 5. The van der Waals surface area contributed by atoms with Crippen LogP contribution in [-0.4, -0.2) is 54.4 Å². The molecular formula is C24H28N2O3. The topological polar surface area (TPSA) is 54.8 Å². The van der Waals surface area contributed by atoms with Gasteiger partial charge in [0, 0.05) is 37.1 Å². The molecule has 0 unspecified atom stereocenters. The lowest BCUT2D eigenvalue weighted by molar-refractivity contribution is 0.139. The van der Waals surface area contributed by atoms with Crippen LogP contribution in [0.3, 0.4) is 0 Å². The van der Waals surface area contributed by atoms with Crippen LogP contribution in [0.4, 0.5) is 0 Å². The third kappa shape index (κ3) is 4.52. The van der Waals surface area contributed by atoms with Crippen molar-refractivity contribution in [1.82, 2.24) is 9.88 Å². The van der Waals surface area contributed by atoms with Gasteiger partial charge >= 0.3 is 0 Å². The van der Waals surface area contributed by atoms with Gasteiger partial charge in [-0.25, -0.2) is 0 Å². The third-order valence-electron chi connectivity index (χ3n) is 5.69. The Morgan fingerprint density at radius 3 is 2.83 bits per heavy atom. The fraction of sp³-hybridized carbons (Fsp3) is 0.375. The SMILES string of the molecule is COc1cc(C)ccc1OCCN1C[C@@H](Cc2ccnc3ccccc23)[C@@H](O)C1. The van der Waals surface area contributed by atoms with E-state index in [1.807, 2.05) is 49.5 Å². The van der Waals surface area contributed by atoms with Gasteiger partial charge in [0.15, 0.2) is 11.5 Å². The second-order valence-corrected chi connectivity index (χ2v) is 7.78. The van der Waals surface area contributed by atoms with Crippen LogP contribution < -0.4 is 9.47 Å². The first-order chi connectivity index (χ1) is 14.1. The number of aryl methyl sites for hydroxylation is 1. The van der Waals surface area contributed by atoms with Gasteiger partial charge < -0.3 is 14.6 Å². The van der Waals surface area contributed by atoms with E-state index in [1.54, 1.807) is 7.11 Å². The number of ether oxygens (including phenoxy) is 2. The number of methoxy groups -OCH3 is 1. The van der Waals surface area contributed by atoms with E-state index in [0.29, 0.717) is 13.2 Å². The fourth-order valence-corrected chi connectivity index (χ4v) is 4.12. The number of β-amino-alcohol motifs (C(OH)–C–C–N with tert-alkyl or cyclic N) is 1. The Kier molecular flexibility index (Phi) is 5.97. The minimum atomic E-state index is -0.323. The van der Waals surface area contributed by atoms with Crippen LogP contribution >= 0.6 is 0 Å². The number of fused-ring (bicyclic) bond motifs is 1. The summed E-state index contributed by atoms with van der Waals surface area (Å²) in [7, 11) is 1.66. The predicted octanol–water partition coefficient (Wildman–Crippen LogP) is 3.47. The molecule has 2 atom stereocenters. The number of likely N-dealkylation sites (tertiary alicyclic amines) is 1. The number of pyridine rings is 1. The van der Waals surface area contributed by atoms with Crippen molar-refractivity contribution in [2.45, 2.75) is 19.4 Å². The minimum Gasteiger partial charge on any atom is -0.493 e. The highest BCUT2D eigenvalue weighted by molar-refractivity contribution is 5.81. The third-order valence-corrected chi connectivity index (χ3v) is 5.69. The largest absolute Gasteiger partial charge is 0.493 e. The first-order valence-corrected chi connectivity index (χ1v) is 10.1. The van der Waals surface area contributed by atoms with E-state index in [0.717, 1.165) is 42.1 Å². The molecule has 152 valence electrons. The van der Waals surface area contributed by atoms with E-state index >= 15 is 0 Å². The molecule has 2 aromatic carbocycles. The van der Waals surface area contributed by atoms with Gasteiger partial charge in [-0.3, -0.25) is 9.88 Å². The summed E-state index contributed by atoms with van der Waals surface area (Å²) in [6.07, 6.45) is 2.39. The summed E-state index contributed by atoms with van der Waals surface area (Å²) < 4.78 is 11.3. The van der Waals surface area contributed by atoms with Gasteiger partial charge in [-0.2, -0.15) is 0 Å². The molecule has 29 heavy (non-hydrogen) atoms. The monoisotopic (exact) mass is 392 g/mol. The number of para-hydroxylation sites is 1. The molecule has 0 amide bonds. The van der Waals surface area contributed by atoms with Crippen molar-refractivity contribution in [1.29, 1.82) is 0 Å². The van der Waals surface area contributed by atoms with Gasteiger partial charge in [0.2, 0.25) is 0 Å². The normalized spacial score (nSPS) is 19.6. The lowest BCUT2D eigenvalue weighted by Crippen LogP contribution is -2.27. The molecule has 0 bridgehead atoms. The molecule has 1 aliphatic heterocycles. The summed E-state index contributed by atoms with van der Waals surface area (Å²) in [4.78, 5) is 6.72. The van der Waals surface area contributed by atoms with Crippen molar-refractivity contribution >= 4 is 10.9 Å². The van der Waals surface area contributed by atoms with Gasteiger partial charge in [0.05, 0.1) is 18.7 Å². The van der Waals surface area contributed by atoms with Gasteiger partial charge in [-0.15, -0.1) is 0 Å². The first kappa shape index (κ1) is 19.7. The molecule has 5 nitrogen and oxygen atoms in total. The summed E-state index contributed by atoms with van der Waals surface area (Å²) in [5.74, 6) is 1.74. The number of nitrogens with zero attached hydrogens (tertiary/aromatic N) is 2. The van der Waals surface area contributed by atoms with Crippen LogP contribution in [0, 0.1) is 12.8 Å². The number of benzene rings is 2. The highest BCUT2D eigenvalue weighted by Crippen LogP contribution is 2.28. The molecule has 1 aliphatic rings. The summed E-state index contributed by atoms with van der Waals surface area (Å²) in [5.41, 5.74) is 3.40. The fourth-order valence-electron chi connectivity index (χ4n) is 4.12. The van der Waals surface area contributed by atoms with E-state index in [1.165, 1.54) is 10.9 Å². The highest BCUT2D eigenvalue weighted by Gasteiger charge is 2.31. The van der Waals surface area contributed by atoms with Crippen LogP contribution in [0.15, 0.2) is 54.7 Å². The zero-order valence-corrected chi connectivity index (χ0v) is 17.0. The molecule has 0 spiro atoms. The standard InChI is InChI=1S/C24H28N2O3/c1-17-7-8-23(24(13-17)28-2)29-12-11-26-15-19(22(27)16-26)14-18-9-10-25-21-6-4-3-5-20(18)21/h3-10,13,19,22,27H,11-12,14-16H2,1-2H3/t19-,22+/m1/s1. The summed E-state index contributed by atoms with van der Waals surface area (Å²) in [6.45, 7) is 4.93. The number of hydrogen-bond donors (Lipinski definition) is 1. The van der Waals surface area contributed by atoms with Crippen molar-refractivity contribution in [2.24, 2.45) is 5.92 Å². The molecular weight excluding hydrogens is 364 g/mol. The molecule has 1 N–H and O–H groups in total. The Labute approximate surface area is 171 Å². The quantitative estimate of drug-likeness (QED) is 0.667. The predicted molar refractivity (Wildman–Crippen MR) is 115 cm³/mol. The minimum absolute atomic E-state index is 0.217.